The van der Waals surface area contributed by atoms with Crippen molar-refractivity contribution in [2.45, 2.75) is 0 Å². The molecule has 0 aliphatic heterocycles. The van der Waals surface area contributed by atoms with Crippen LogP contribution < -0.4 is 0 Å². The van der Waals surface area contributed by atoms with Gasteiger partial charge in [0.15, 0.2) is 5.78 Å². The third-order valence-corrected chi connectivity index (χ3v) is 2.41. The normalized spacial score (nSPS) is 10.9. The third kappa shape index (κ3) is 3.03. The van der Waals surface area contributed by atoms with Crippen molar-refractivity contribution < 1.29 is 4.79 Å². The van der Waals surface area contributed by atoms with Crippen LogP contribution in [-0.2, 0) is 0 Å². The van der Waals surface area contributed by atoms with Crippen molar-refractivity contribution in [3.05, 3.63) is 71.3 Å². The van der Waals surface area contributed by atoms with E-state index in [0.29, 0.717) is 11.1 Å². The van der Waals surface area contributed by atoms with Gasteiger partial charge in [-0.3, -0.25) is 4.79 Å². The minimum atomic E-state index is -0.0441. The fourth-order valence-electron chi connectivity index (χ4n) is 1.13. The monoisotopic (exact) mass is 262 g/mol. The second-order valence-corrected chi connectivity index (χ2v) is 3.81. The first-order valence-corrected chi connectivity index (χ1v) is 5.23. The van der Waals surface area contributed by atoms with Gasteiger partial charge in [-0.15, -0.1) is 0 Å². The Balaban J connectivity index is 3.03. The van der Waals surface area contributed by atoms with Gasteiger partial charge in [-0.25, -0.2) is 0 Å². The predicted molar refractivity (Wildman–Crippen MR) is 66.9 cm³/mol. The molecule has 1 aromatic carbocycles. The maximum Gasteiger partial charge on any atom is 0.192 e. The highest BCUT2D eigenvalue weighted by Crippen LogP contribution is 2.14. The highest BCUT2D eigenvalue weighted by molar-refractivity contribution is 9.10. The van der Waals surface area contributed by atoms with Crippen LogP contribution in [0.1, 0.15) is 10.4 Å². The zero-order valence-electron chi connectivity index (χ0n) is 8.24. The number of allylic oxidation sites excluding steroid dienone is 4. The molecule has 0 atom stereocenters. The zero-order chi connectivity index (χ0) is 11.3. The molecule has 0 fully saturated rings. The predicted octanol–water partition coefficient (Wildman–Crippen LogP) is 3.93. The lowest BCUT2D eigenvalue weighted by atomic mass is 10.0. The molecule has 0 radical (unpaired) electrons. The molecule has 1 rings (SSSR count). The fraction of sp³-hybridized carbons (Fsp3) is 0. The third-order valence-electron chi connectivity index (χ3n) is 1.89. The molecule has 0 bridgehead atoms. The van der Waals surface area contributed by atoms with E-state index in [9.17, 15) is 4.79 Å². The van der Waals surface area contributed by atoms with Crippen LogP contribution in [0.5, 0.6) is 0 Å². The maximum atomic E-state index is 11.9. The van der Waals surface area contributed by atoms with E-state index < -0.39 is 0 Å². The molecule has 0 saturated carbocycles. The van der Waals surface area contributed by atoms with E-state index in [1.165, 1.54) is 6.08 Å². The topological polar surface area (TPSA) is 17.1 Å². The van der Waals surface area contributed by atoms with Gasteiger partial charge in [-0.2, -0.15) is 0 Å². The molecule has 0 N–H and O–H groups in total. The van der Waals surface area contributed by atoms with E-state index in [2.05, 4.69) is 29.1 Å². The van der Waals surface area contributed by atoms with Crippen LogP contribution in [0, 0.1) is 0 Å². The van der Waals surface area contributed by atoms with Gasteiger partial charge < -0.3 is 0 Å². The number of hydrogen-bond donors (Lipinski definition) is 0. The van der Waals surface area contributed by atoms with Gasteiger partial charge in [-0.05, 0) is 24.3 Å². The number of rotatable bonds is 4. The SMILES string of the molecule is C=C/C=C(\C=C)C(=O)c1ccc(Br)cc1. The van der Waals surface area contributed by atoms with E-state index >= 15 is 0 Å². The molecule has 0 spiro atoms. The first-order chi connectivity index (χ1) is 7.19. The molecule has 15 heavy (non-hydrogen) atoms. The average molecular weight is 263 g/mol. The fourth-order valence-corrected chi connectivity index (χ4v) is 1.40. The lowest BCUT2D eigenvalue weighted by Gasteiger charge is -2.00. The summed E-state index contributed by atoms with van der Waals surface area (Å²) < 4.78 is 0.951. The van der Waals surface area contributed by atoms with Gasteiger partial charge >= 0.3 is 0 Å². The van der Waals surface area contributed by atoms with Crippen molar-refractivity contribution in [1.29, 1.82) is 0 Å². The molecule has 0 aliphatic carbocycles. The van der Waals surface area contributed by atoms with Crippen LogP contribution in [0.25, 0.3) is 0 Å². The lowest BCUT2D eigenvalue weighted by molar-refractivity contribution is 0.103. The van der Waals surface area contributed by atoms with Crippen LogP contribution in [0.2, 0.25) is 0 Å². The molecular weight excluding hydrogens is 252 g/mol. The summed E-state index contributed by atoms with van der Waals surface area (Å²) in [5.74, 6) is -0.0441. The number of carbonyl (C=O) groups is 1. The Morgan fingerprint density at radius 3 is 2.27 bits per heavy atom. The Morgan fingerprint density at radius 2 is 1.80 bits per heavy atom. The quantitative estimate of drug-likeness (QED) is 0.457. The molecule has 1 aromatic rings. The first-order valence-electron chi connectivity index (χ1n) is 4.44. The van der Waals surface area contributed by atoms with Crippen LogP contribution in [-0.4, -0.2) is 5.78 Å². The highest BCUT2D eigenvalue weighted by atomic mass is 79.9. The second-order valence-electron chi connectivity index (χ2n) is 2.90. The van der Waals surface area contributed by atoms with E-state index in [0.717, 1.165) is 4.47 Å². The standard InChI is InChI=1S/C13H11BrO/c1-3-5-10(4-2)13(15)11-6-8-12(14)9-7-11/h3-9H,1-2H2/b10-5+. The molecular formula is C13H11BrO. The molecule has 0 amide bonds. The number of benzene rings is 1. The summed E-state index contributed by atoms with van der Waals surface area (Å²) in [4.78, 5) is 11.9. The summed E-state index contributed by atoms with van der Waals surface area (Å²) in [6.07, 6.45) is 4.76. The minimum Gasteiger partial charge on any atom is -0.289 e. The first kappa shape index (κ1) is 11.7. The highest BCUT2D eigenvalue weighted by Gasteiger charge is 2.07. The molecule has 0 unspecified atom stereocenters. The van der Waals surface area contributed by atoms with Crippen molar-refractivity contribution in [2.75, 3.05) is 0 Å². The maximum absolute atomic E-state index is 11.9. The van der Waals surface area contributed by atoms with Crippen molar-refractivity contribution >= 4 is 21.7 Å². The van der Waals surface area contributed by atoms with E-state index in [-0.39, 0.29) is 5.78 Å². The van der Waals surface area contributed by atoms with Crippen molar-refractivity contribution in [2.24, 2.45) is 0 Å². The second kappa shape index (κ2) is 5.47. The average Bonchev–Trinajstić information content (AvgIpc) is 2.26. The van der Waals surface area contributed by atoms with E-state index in [1.54, 1.807) is 24.3 Å². The van der Waals surface area contributed by atoms with Gasteiger partial charge in [0, 0.05) is 15.6 Å². The Bertz CT molecular complexity index is 413. The minimum absolute atomic E-state index is 0.0441. The molecule has 0 aromatic heterocycles. The molecule has 1 nitrogen and oxygen atoms in total. The number of ketones is 1. The summed E-state index contributed by atoms with van der Waals surface area (Å²) >= 11 is 3.32. The molecule has 0 saturated heterocycles. The van der Waals surface area contributed by atoms with Crippen molar-refractivity contribution in [1.82, 2.24) is 0 Å². The van der Waals surface area contributed by atoms with Gasteiger partial charge in [0.25, 0.3) is 0 Å². The van der Waals surface area contributed by atoms with Gasteiger partial charge in [-0.1, -0.05) is 47.3 Å². The Labute approximate surface area is 97.9 Å². The summed E-state index contributed by atoms with van der Waals surface area (Å²) in [6, 6.07) is 7.21. The summed E-state index contributed by atoms with van der Waals surface area (Å²) in [5, 5.41) is 0. The molecule has 0 aliphatic rings. The van der Waals surface area contributed by atoms with Gasteiger partial charge in [0.05, 0.1) is 0 Å². The number of Topliss-reactive ketones (excluding diaryl/α,β-unsaturated/α-hetero) is 1. The Kier molecular flexibility index (Phi) is 4.25. The van der Waals surface area contributed by atoms with Crippen LogP contribution in [0.4, 0.5) is 0 Å². The Morgan fingerprint density at radius 1 is 1.20 bits per heavy atom. The lowest BCUT2D eigenvalue weighted by Crippen LogP contribution is -2.00. The van der Waals surface area contributed by atoms with Crippen LogP contribution in [0.15, 0.2) is 65.7 Å². The number of hydrogen-bond acceptors (Lipinski definition) is 1. The summed E-state index contributed by atoms with van der Waals surface area (Å²) in [6.45, 7) is 7.15. The smallest absolute Gasteiger partial charge is 0.192 e. The largest absolute Gasteiger partial charge is 0.289 e. The molecule has 76 valence electrons. The van der Waals surface area contributed by atoms with Crippen LogP contribution in [0.3, 0.4) is 0 Å². The number of halogens is 1. The summed E-state index contributed by atoms with van der Waals surface area (Å²) in [7, 11) is 0. The van der Waals surface area contributed by atoms with Crippen molar-refractivity contribution in [3.63, 3.8) is 0 Å². The zero-order valence-corrected chi connectivity index (χ0v) is 9.83. The van der Waals surface area contributed by atoms with E-state index in [1.807, 2.05) is 12.1 Å². The molecule has 2 heteroatoms. The Hall–Kier alpha value is -1.41. The van der Waals surface area contributed by atoms with Gasteiger partial charge in [0.2, 0.25) is 0 Å². The van der Waals surface area contributed by atoms with E-state index in [4.69, 9.17) is 0 Å². The van der Waals surface area contributed by atoms with Crippen LogP contribution >= 0.6 is 15.9 Å². The van der Waals surface area contributed by atoms with Crippen molar-refractivity contribution in [3.8, 4) is 0 Å². The van der Waals surface area contributed by atoms with Gasteiger partial charge in [0.1, 0.15) is 0 Å². The summed E-state index contributed by atoms with van der Waals surface area (Å²) in [5.41, 5.74) is 1.19. The number of carbonyl (C=O) groups excluding carboxylic acids is 1. The molecule has 0 heterocycles.